The highest BCUT2D eigenvalue weighted by atomic mass is 32.2. The Morgan fingerprint density at radius 3 is 2.73 bits per heavy atom. The number of thiazole rings is 1. The Kier molecular flexibility index (Phi) is 8.15. The van der Waals surface area contributed by atoms with Crippen LogP contribution in [0.5, 0.6) is 11.5 Å². The molecule has 0 bridgehead atoms. The Morgan fingerprint density at radius 1 is 1.22 bits per heavy atom. The van der Waals surface area contributed by atoms with Gasteiger partial charge in [-0.2, -0.15) is 13.2 Å². The minimum atomic E-state index is -4.41. The van der Waals surface area contributed by atoms with E-state index in [4.69, 9.17) is 21.7 Å². The van der Waals surface area contributed by atoms with E-state index in [1.807, 2.05) is 0 Å². The first-order valence-corrected chi connectivity index (χ1v) is 12.6. The zero-order chi connectivity index (χ0) is 26.6. The van der Waals surface area contributed by atoms with Crippen molar-refractivity contribution in [1.29, 1.82) is 0 Å². The lowest BCUT2D eigenvalue weighted by atomic mass is 10.1. The highest BCUT2D eigenvalue weighted by Gasteiger charge is 2.30. The van der Waals surface area contributed by atoms with Crippen molar-refractivity contribution in [3.05, 3.63) is 75.1 Å². The van der Waals surface area contributed by atoms with E-state index < -0.39 is 17.6 Å². The first kappa shape index (κ1) is 26.6. The Balaban J connectivity index is 1.34. The van der Waals surface area contributed by atoms with Gasteiger partial charge in [0.1, 0.15) is 4.32 Å². The van der Waals surface area contributed by atoms with Gasteiger partial charge in [-0.15, -0.1) is 11.3 Å². The molecular formula is C24H18F3N3O4S3. The number of aromatic nitrogens is 1. The molecule has 0 spiro atoms. The summed E-state index contributed by atoms with van der Waals surface area (Å²) < 4.78 is 50.1. The number of anilines is 1. The van der Waals surface area contributed by atoms with Crippen LogP contribution in [0.4, 0.5) is 18.3 Å². The van der Waals surface area contributed by atoms with Crippen molar-refractivity contribution in [3.63, 3.8) is 0 Å². The molecule has 192 valence electrons. The third-order valence-corrected chi connectivity index (χ3v) is 6.99. The van der Waals surface area contributed by atoms with Gasteiger partial charge in [-0.25, -0.2) is 4.98 Å². The maximum atomic E-state index is 12.9. The standard InChI is InChI=1S/C24H18F3N3O4S3/c1-33-18-9-14(10-19-21(32)30-23(35)37-19)5-6-17(18)34-12-20(31)29-22-28-11-16(36-22)8-13-3-2-4-15(7-13)24(25,26)27/h2-7,9-11H,8,12H2,1H3,(H,28,29,31)(H,30,32,35)/b19-10-. The lowest BCUT2D eigenvalue weighted by Crippen LogP contribution is -2.20. The van der Waals surface area contributed by atoms with Crippen LogP contribution in [0, 0.1) is 0 Å². The van der Waals surface area contributed by atoms with Gasteiger partial charge in [0.05, 0.1) is 17.6 Å². The van der Waals surface area contributed by atoms with Gasteiger partial charge in [0, 0.05) is 17.5 Å². The van der Waals surface area contributed by atoms with Crippen LogP contribution in [0.1, 0.15) is 21.6 Å². The maximum absolute atomic E-state index is 12.9. The lowest BCUT2D eigenvalue weighted by Gasteiger charge is -2.11. The van der Waals surface area contributed by atoms with E-state index >= 15 is 0 Å². The molecule has 0 aliphatic carbocycles. The number of nitrogens with one attached hydrogen (secondary N) is 2. The molecule has 2 heterocycles. The van der Waals surface area contributed by atoms with Crippen molar-refractivity contribution < 1.29 is 32.2 Å². The summed E-state index contributed by atoms with van der Waals surface area (Å²) in [6, 6.07) is 10.1. The minimum absolute atomic E-state index is 0.250. The second-order valence-corrected chi connectivity index (χ2v) is 10.4. The van der Waals surface area contributed by atoms with Crippen LogP contribution in [0.2, 0.25) is 0 Å². The molecular weight excluding hydrogens is 547 g/mol. The number of benzene rings is 2. The normalized spacial score (nSPS) is 14.5. The molecule has 37 heavy (non-hydrogen) atoms. The Hall–Kier alpha value is -3.42. The van der Waals surface area contributed by atoms with Gasteiger partial charge in [0.2, 0.25) is 0 Å². The van der Waals surface area contributed by atoms with Crippen LogP contribution in [0.15, 0.2) is 53.6 Å². The van der Waals surface area contributed by atoms with E-state index in [2.05, 4.69) is 15.6 Å². The predicted molar refractivity (Wildman–Crippen MR) is 140 cm³/mol. The number of thiocarbonyl (C=S) groups is 1. The first-order chi connectivity index (χ1) is 17.6. The molecule has 3 aromatic rings. The molecule has 4 rings (SSSR count). The molecule has 2 N–H and O–H groups in total. The Morgan fingerprint density at radius 2 is 2.03 bits per heavy atom. The van der Waals surface area contributed by atoms with Gasteiger partial charge in [-0.3, -0.25) is 14.9 Å². The second kappa shape index (κ2) is 11.3. The van der Waals surface area contributed by atoms with Crippen LogP contribution in [-0.4, -0.2) is 34.8 Å². The highest BCUT2D eigenvalue weighted by Crippen LogP contribution is 2.32. The average Bonchev–Trinajstić information content (AvgIpc) is 3.41. The largest absolute Gasteiger partial charge is 0.493 e. The van der Waals surface area contributed by atoms with E-state index in [1.54, 1.807) is 30.3 Å². The number of rotatable bonds is 8. The number of halogens is 3. The number of methoxy groups -OCH3 is 1. The molecule has 1 aliphatic heterocycles. The Labute approximate surface area is 223 Å². The number of hydrogen-bond donors (Lipinski definition) is 2. The summed E-state index contributed by atoms with van der Waals surface area (Å²) in [6.07, 6.45) is -0.993. The predicted octanol–water partition coefficient (Wildman–Crippen LogP) is 5.27. The first-order valence-electron chi connectivity index (χ1n) is 10.6. The van der Waals surface area contributed by atoms with E-state index in [0.29, 0.717) is 41.9 Å². The van der Waals surface area contributed by atoms with Gasteiger partial charge in [0.25, 0.3) is 11.8 Å². The fourth-order valence-electron chi connectivity index (χ4n) is 3.27. The van der Waals surface area contributed by atoms with Crippen molar-refractivity contribution in [2.45, 2.75) is 12.6 Å². The molecule has 7 nitrogen and oxygen atoms in total. The van der Waals surface area contributed by atoms with Crippen LogP contribution >= 0.6 is 35.3 Å². The monoisotopic (exact) mass is 565 g/mol. The highest BCUT2D eigenvalue weighted by molar-refractivity contribution is 8.26. The summed E-state index contributed by atoms with van der Waals surface area (Å²) in [7, 11) is 1.45. The van der Waals surface area contributed by atoms with Crippen molar-refractivity contribution in [2.75, 3.05) is 19.0 Å². The van der Waals surface area contributed by atoms with E-state index in [1.165, 1.54) is 19.4 Å². The van der Waals surface area contributed by atoms with Gasteiger partial charge in [0.15, 0.2) is 23.2 Å². The molecule has 1 aliphatic rings. The third kappa shape index (κ3) is 7.08. The van der Waals surface area contributed by atoms with Crippen LogP contribution in [0.25, 0.3) is 6.08 Å². The molecule has 1 fully saturated rings. The van der Waals surface area contributed by atoms with Crippen LogP contribution in [0.3, 0.4) is 0 Å². The summed E-state index contributed by atoms with van der Waals surface area (Å²) in [5.74, 6) is -0.0548. The molecule has 0 saturated carbocycles. The number of alkyl halides is 3. The van der Waals surface area contributed by atoms with Crippen LogP contribution < -0.4 is 20.1 Å². The molecule has 1 aromatic heterocycles. The quantitative estimate of drug-likeness (QED) is 0.284. The molecule has 0 unspecified atom stereocenters. The third-order valence-electron chi connectivity index (χ3n) is 4.92. The number of ether oxygens (including phenoxy) is 2. The molecule has 2 amide bonds. The van der Waals surface area contributed by atoms with Gasteiger partial charge < -0.3 is 14.8 Å². The average molecular weight is 566 g/mol. The fourth-order valence-corrected chi connectivity index (χ4v) is 5.18. The number of carbonyl (C=O) groups excluding carboxylic acids is 2. The van der Waals surface area contributed by atoms with Gasteiger partial charge in [-0.1, -0.05) is 48.2 Å². The summed E-state index contributed by atoms with van der Waals surface area (Å²) in [5, 5.41) is 5.46. The topological polar surface area (TPSA) is 89.5 Å². The summed E-state index contributed by atoms with van der Waals surface area (Å²) >= 11 is 7.30. The number of carbonyl (C=O) groups is 2. The van der Waals surface area contributed by atoms with E-state index in [-0.39, 0.29) is 18.9 Å². The molecule has 1 saturated heterocycles. The van der Waals surface area contributed by atoms with Crippen molar-refractivity contribution in [1.82, 2.24) is 10.3 Å². The van der Waals surface area contributed by atoms with E-state index in [0.717, 1.165) is 35.2 Å². The summed E-state index contributed by atoms with van der Waals surface area (Å²) in [5.41, 5.74) is 0.458. The number of hydrogen-bond acceptors (Lipinski definition) is 8. The zero-order valence-electron chi connectivity index (χ0n) is 19.0. The van der Waals surface area contributed by atoms with Crippen molar-refractivity contribution >= 4 is 62.7 Å². The fraction of sp³-hybridized carbons (Fsp3) is 0.167. The second-order valence-electron chi connectivity index (χ2n) is 7.61. The van der Waals surface area contributed by atoms with Gasteiger partial charge >= 0.3 is 6.18 Å². The van der Waals surface area contributed by atoms with E-state index in [9.17, 15) is 22.8 Å². The molecule has 2 aromatic carbocycles. The summed E-state index contributed by atoms with van der Waals surface area (Å²) in [4.78, 5) is 29.5. The smallest absolute Gasteiger partial charge is 0.416 e. The number of nitrogens with zero attached hydrogens (tertiary/aromatic N) is 1. The summed E-state index contributed by atoms with van der Waals surface area (Å²) in [6.45, 7) is -0.328. The minimum Gasteiger partial charge on any atom is -0.493 e. The maximum Gasteiger partial charge on any atom is 0.416 e. The number of amides is 2. The SMILES string of the molecule is COc1cc(/C=C2\SC(=S)NC2=O)ccc1OCC(=O)Nc1ncc(Cc2cccc(C(F)(F)F)c2)s1. The molecule has 0 radical (unpaired) electrons. The van der Waals surface area contributed by atoms with Crippen molar-refractivity contribution in [2.24, 2.45) is 0 Å². The molecule has 13 heteroatoms. The van der Waals surface area contributed by atoms with Gasteiger partial charge in [-0.05, 0) is 35.4 Å². The van der Waals surface area contributed by atoms with Crippen molar-refractivity contribution in [3.8, 4) is 11.5 Å². The zero-order valence-corrected chi connectivity index (χ0v) is 21.5. The lowest BCUT2D eigenvalue weighted by molar-refractivity contribution is -0.137. The molecule has 0 atom stereocenters. The Bertz CT molecular complexity index is 1390. The van der Waals surface area contributed by atoms with Crippen LogP contribution in [-0.2, 0) is 22.2 Å². The number of thioether (sulfide) groups is 1.